The van der Waals surface area contributed by atoms with Gasteiger partial charge < -0.3 is 15.2 Å². The summed E-state index contributed by atoms with van der Waals surface area (Å²) in [6.45, 7) is 8.10. The van der Waals surface area contributed by atoms with Crippen molar-refractivity contribution in [2.24, 2.45) is 0 Å². The Labute approximate surface area is 85.5 Å². The lowest BCUT2D eigenvalue weighted by Gasteiger charge is -2.29. The lowest BCUT2D eigenvalue weighted by Crippen LogP contribution is -2.44. The van der Waals surface area contributed by atoms with Crippen molar-refractivity contribution in [1.29, 1.82) is 0 Å². The average molecular weight is 193 g/mol. The van der Waals surface area contributed by atoms with E-state index in [4.69, 9.17) is 0 Å². The van der Waals surface area contributed by atoms with Crippen LogP contribution in [0.4, 0.5) is 0 Å². The number of H-pyrrole nitrogens is 1. The molecule has 0 saturated carbocycles. The highest BCUT2D eigenvalue weighted by atomic mass is 15.2. The van der Waals surface area contributed by atoms with Crippen LogP contribution >= 0.6 is 0 Å². The van der Waals surface area contributed by atoms with Gasteiger partial charge in [-0.15, -0.1) is 0 Å². The predicted octanol–water partition coefficient (Wildman–Crippen LogP) is 1.02. The van der Waals surface area contributed by atoms with Crippen LogP contribution in [-0.2, 0) is 0 Å². The Balaban J connectivity index is 1.84. The van der Waals surface area contributed by atoms with Gasteiger partial charge in [-0.3, -0.25) is 0 Å². The number of piperazine rings is 1. The molecule has 1 aliphatic heterocycles. The molecular weight excluding hydrogens is 174 g/mol. The molecule has 0 bridgehead atoms. The lowest BCUT2D eigenvalue weighted by atomic mass is 10.1. The largest absolute Gasteiger partial charge is 0.365 e. The van der Waals surface area contributed by atoms with E-state index in [1.54, 1.807) is 0 Å². The van der Waals surface area contributed by atoms with Crippen molar-refractivity contribution in [2.75, 3.05) is 32.7 Å². The number of aromatic nitrogens is 1. The van der Waals surface area contributed by atoms with Gasteiger partial charge in [0.15, 0.2) is 0 Å². The molecule has 1 fully saturated rings. The first-order valence-electron chi connectivity index (χ1n) is 5.42. The monoisotopic (exact) mass is 193 g/mol. The average Bonchev–Trinajstić information content (AvgIpc) is 2.72. The zero-order valence-electron chi connectivity index (χ0n) is 8.79. The fourth-order valence-electron chi connectivity index (χ4n) is 2.03. The second kappa shape index (κ2) is 4.62. The van der Waals surface area contributed by atoms with E-state index in [1.165, 1.54) is 25.3 Å². The summed E-state index contributed by atoms with van der Waals surface area (Å²) in [6, 6.07) is 4.25. The maximum absolute atomic E-state index is 3.37. The summed E-state index contributed by atoms with van der Waals surface area (Å²) in [5.74, 6) is 0.614. The molecule has 2 N–H and O–H groups in total. The zero-order valence-corrected chi connectivity index (χ0v) is 8.79. The van der Waals surface area contributed by atoms with Crippen molar-refractivity contribution < 1.29 is 0 Å². The van der Waals surface area contributed by atoms with E-state index in [9.17, 15) is 0 Å². The van der Waals surface area contributed by atoms with Crippen LogP contribution in [0, 0.1) is 0 Å². The molecule has 1 atom stereocenters. The Morgan fingerprint density at radius 3 is 2.86 bits per heavy atom. The Bertz CT molecular complexity index is 250. The fourth-order valence-corrected chi connectivity index (χ4v) is 2.03. The van der Waals surface area contributed by atoms with Crippen LogP contribution in [0.2, 0.25) is 0 Å². The van der Waals surface area contributed by atoms with Crippen LogP contribution in [0.5, 0.6) is 0 Å². The van der Waals surface area contributed by atoms with E-state index in [-0.39, 0.29) is 0 Å². The number of hydrogen-bond donors (Lipinski definition) is 2. The summed E-state index contributed by atoms with van der Waals surface area (Å²) in [5.41, 5.74) is 1.35. The van der Waals surface area contributed by atoms with Crippen LogP contribution < -0.4 is 5.32 Å². The number of rotatable bonds is 3. The van der Waals surface area contributed by atoms with E-state index >= 15 is 0 Å². The molecule has 3 heteroatoms. The highest BCUT2D eigenvalue weighted by Crippen LogP contribution is 2.14. The summed E-state index contributed by atoms with van der Waals surface area (Å²) in [7, 11) is 0. The summed E-state index contributed by atoms with van der Waals surface area (Å²) < 4.78 is 0. The van der Waals surface area contributed by atoms with Crippen LogP contribution in [0.1, 0.15) is 18.5 Å². The van der Waals surface area contributed by atoms with Crippen LogP contribution in [0.25, 0.3) is 0 Å². The van der Waals surface area contributed by atoms with E-state index in [1.807, 2.05) is 6.20 Å². The first-order valence-corrected chi connectivity index (χ1v) is 5.42. The molecule has 1 aromatic heterocycles. The summed E-state index contributed by atoms with van der Waals surface area (Å²) in [6.07, 6.45) is 2.00. The maximum atomic E-state index is 3.37. The van der Waals surface area contributed by atoms with E-state index < -0.39 is 0 Å². The van der Waals surface area contributed by atoms with Gasteiger partial charge in [-0.05, 0) is 12.1 Å². The van der Waals surface area contributed by atoms with Gasteiger partial charge in [-0.1, -0.05) is 6.92 Å². The maximum Gasteiger partial charge on any atom is 0.0188 e. The molecule has 0 radical (unpaired) electrons. The van der Waals surface area contributed by atoms with Gasteiger partial charge in [0.1, 0.15) is 0 Å². The Hall–Kier alpha value is -0.800. The van der Waals surface area contributed by atoms with E-state index in [2.05, 4.69) is 34.3 Å². The van der Waals surface area contributed by atoms with Gasteiger partial charge in [0.25, 0.3) is 0 Å². The molecule has 3 nitrogen and oxygen atoms in total. The molecule has 0 amide bonds. The van der Waals surface area contributed by atoms with E-state index in [0.29, 0.717) is 5.92 Å². The van der Waals surface area contributed by atoms with Crippen LogP contribution in [0.15, 0.2) is 18.3 Å². The standard InChI is InChI=1S/C11H19N3/c1-10(11-3-2-4-13-11)9-14-7-5-12-6-8-14/h2-4,10,12-13H,5-9H2,1H3. The van der Waals surface area contributed by atoms with Crippen molar-refractivity contribution in [1.82, 2.24) is 15.2 Å². The molecule has 78 valence electrons. The molecule has 0 aromatic carbocycles. The Morgan fingerprint density at radius 1 is 1.43 bits per heavy atom. The highest BCUT2D eigenvalue weighted by Gasteiger charge is 2.14. The topological polar surface area (TPSA) is 31.1 Å². The second-order valence-corrected chi connectivity index (χ2v) is 4.08. The van der Waals surface area contributed by atoms with Crippen molar-refractivity contribution in [3.05, 3.63) is 24.0 Å². The zero-order chi connectivity index (χ0) is 9.80. The molecule has 0 spiro atoms. The Morgan fingerprint density at radius 2 is 2.21 bits per heavy atom. The van der Waals surface area contributed by atoms with Gasteiger partial charge in [0.05, 0.1) is 0 Å². The molecular formula is C11H19N3. The Kier molecular flexibility index (Phi) is 3.22. The fraction of sp³-hybridized carbons (Fsp3) is 0.636. The minimum Gasteiger partial charge on any atom is -0.365 e. The van der Waals surface area contributed by atoms with Gasteiger partial charge in [-0.2, -0.15) is 0 Å². The molecule has 0 aliphatic carbocycles. The van der Waals surface area contributed by atoms with Gasteiger partial charge >= 0.3 is 0 Å². The number of aromatic amines is 1. The van der Waals surface area contributed by atoms with E-state index in [0.717, 1.165) is 13.1 Å². The summed E-state index contributed by atoms with van der Waals surface area (Å²) >= 11 is 0. The van der Waals surface area contributed by atoms with Crippen molar-refractivity contribution in [2.45, 2.75) is 12.8 Å². The minimum atomic E-state index is 0.614. The summed E-state index contributed by atoms with van der Waals surface area (Å²) in [5, 5.41) is 3.37. The van der Waals surface area contributed by atoms with Crippen molar-refractivity contribution >= 4 is 0 Å². The second-order valence-electron chi connectivity index (χ2n) is 4.08. The van der Waals surface area contributed by atoms with Crippen molar-refractivity contribution in [3.8, 4) is 0 Å². The quantitative estimate of drug-likeness (QED) is 0.751. The predicted molar refractivity (Wildman–Crippen MR) is 58.5 cm³/mol. The smallest absolute Gasteiger partial charge is 0.0188 e. The lowest BCUT2D eigenvalue weighted by molar-refractivity contribution is 0.230. The number of hydrogen-bond acceptors (Lipinski definition) is 2. The third kappa shape index (κ3) is 2.36. The van der Waals surface area contributed by atoms with Crippen LogP contribution in [0.3, 0.4) is 0 Å². The number of nitrogens with one attached hydrogen (secondary N) is 2. The molecule has 2 heterocycles. The third-order valence-corrected chi connectivity index (χ3v) is 2.89. The molecule has 1 aromatic rings. The SMILES string of the molecule is CC(CN1CCNCC1)c1ccc[nH]1. The first kappa shape index (κ1) is 9.74. The third-order valence-electron chi connectivity index (χ3n) is 2.89. The first-order chi connectivity index (χ1) is 6.86. The highest BCUT2D eigenvalue weighted by molar-refractivity contribution is 5.09. The van der Waals surface area contributed by atoms with Gasteiger partial charge in [0.2, 0.25) is 0 Å². The molecule has 2 rings (SSSR count). The molecule has 1 unspecified atom stereocenters. The molecule has 14 heavy (non-hydrogen) atoms. The summed E-state index contributed by atoms with van der Waals surface area (Å²) in [4.78, 5) is 5.81. The van der Waals surface area contributed by atoms with Gasteiger partial charge in [0, 0.05) is 50.5 Å². The molecule has 1 aliphatic rings. The van der Waals surface area contributed by atoms with Crippen LogP contribution in [-0.4, -0.2) is 42.6 Å². The van der Waals surface area contributed by atoms with Gasteiger partial charge in [-0.25, -0.2) is 0 Å². The normalized spacial score (nSPS) is 20.9. The minimum absolute atomic E-state index is 0.614. The molecule has 1 saturated heterocycles. The van der Waals surface area contributed by atoms with Crippen molar-refractivity contribution in [3.63, 3.8) is 0 Å². The number of nitrogens with zero attached hydrogens (tertiary/aromatic N) is 1.